The fourth-order valence-corrected chi connectivity index (χ4v) is 2.93. The SMILES string of the molecule is CCC(Cl)O[SiH](CC)OC(Cl)CC. The summed E-state index contributed by atoms with van der Waals surface area (Å²) in [5.74, 6) is 0. The number of rotatable bonds is 7. The molecule has 0 aliphatic rings. The van der Waals surface area contributed by atoms with E-state index in [1.54, 1.807) is 0 Å². The highest BCUT2D eigenvalue weighted by Gasteiger charge is 2.18. The highest BCUT2D eigenvalue weighted by molar-refractivity contribution is 6.46. The van der Waals surface area contributed by atoms with Crippen molar-refractivity contribution >= 4 is 32.5 Å². The van der Waals surface area contributed by atoms with Crippen LogP contribution in [0.25, 0.3) is 0 Å². The zero-order valence-corrected chi connectivity index (χ0v) is 11.1. The summed E-state index contributed by atoms with van der Waals surface area (Å²) in [7, 11) is -1.63. The van der Waals surface area contributed by atoms with E-state index in [4.69, 9.17) is 32.1 Å². The number of hydrogen-bond acceptors (Lipinski definition) is 2. The standard InChI is InChI=1S/C8H18Cl2O2Si/c1-4-7(9)11-13(6-3)12-8(10)5-2/h7-8,13H,4-6H2,1-3H3. The zero-order chi connectivity index (χ0) is 10.3. The van der Waals surface area contributed by atoms with Crippen molar-refractivity contribution in [2.75, 3.05) is 0 Å². The summed E-state index contributed by atoms with van der Waals surface area (Å²) in [6.07, 6.45) is 1.60. The topological polar surface area (TPSA) is 18.5 Å². The molecule has 2 atom stereocenters. The summed E-state index contributed by atoms with van der Waals surface area (Å²) in [6, 6.07) is 0.895. The Balaban J connectivity index is 3.74. The van der Waals surface area contributed by atoms with Gasteiger partial charge in [0.15, 0.2) is 0 Å². The largest absolute Gasteiger partial charge is 0.379 e. The van der Waals surface area contributed by atoms with Crippen molar-refractivity contribution in [3.63, 3.8) is 0 Å². The molecular formula is C8H18Cl2O2Si. The van der Waals surface area contributed by atoms with E-state index in [2.05, 4.69) is 0 Å². The minimum absolute atomic E-state index is 0.225. The predicted octanol–water partition coefficient (Wildman–Crippen LogP) is 3.21. The minimum atomic E-state index is -1.63. The summed E-state index contributed by atoms with van der Waals surface area (Å²) in [6.45, 7) is 6.00. The third-order valence-electron chi connectivity index (χ3n) is 1.57. The van der Waals surface area contributed by atoms with Crippen molar-refractivity contribution in [3.8, 4) is 0 Å². The second-order valence-electron chi connectivity index (χ2n) is 2.75. The lowest BCUT2D eigenvalue weighted by Crippen LogP contribution is -2.28. The first-order valence-corrected chi connectivity index (χ1v) is 7.36. The Hall–Kier alpha value is 0.717. The lowest BCUT2D eigenvalue weighted by molar-refractivity contribution is 0.161. The maximum Gasteiger partial charge on any atom is 0.323 e. The van der Waals surface area contributed by atoms with Gasteiger partial charge in [0.2, 0.25) is 0 Å². The van der Waals surface area contributed by atoms with Crippen molar-refractivity contribution in [2.45, 2.75) is 50.8 Å². The molecule has 0 aromatic carbocycles. The first-order valence-electron chi connectivity index (χ1n) is 4.73. The maximum absolute atomic E-state index is 5.85. The maximum atomic E-state index is 5.85. The molecule has 13 heavy (non-hydrogen) atoms. The molecule has 0 aliphatic carbocycles. The van der Waals surface area contributed by atoms with Crippen LogP contribution in [0, 0.1) is 0 Å². The third kappa shape index (κ3) is 6.74. The van der Waals surface area contributed by atoms with Crippen LogP contribution in [0.2, 0.25) is 6.04 Å². The Morgan fingerprint density at radius 2 is 1.38 bits per heavy atom. The minimum Gasteiger partial charge on any atom is -0.379 e. The predicted molar refractivity (Wildman–Crippen MR) is 59.7 cm³/mol. The van der Waals surface area contributed by atoms with Crippen LogP contribution in [0.3, 0.4) is 0 Å². The van der Waals surface area contributed by atoms with Crippen LogP contribution < -0.4 is 0 Å². The lowest BCUT2D eigenvalue weighted by Gasteiger charge is -2.20. The van der Waals surface area contributed by atoms with Gasteiger partial charge >= 0.3 is 9.28 Å². The van der Waals surface area contributed by atoms with Crippen molar-refractivity contribution in [1.29, 1.82) is 0 Å². The normalized spacial score (nSPS) is 18.2. The molecule has 0 spiro atoms. The fourth-order valence-electron chi connectivity index (χ4n) is 0.746. The van der Waals surface area contributed by atoms with Crippen molar-refractivity contribution in [3.05, 3.63) is 0 Å². The molecule has 0 N–H and O–H groups in total. The van der Waals surface area contributed by atoms with E-state index < -0.39 is 9.28 Å². The van der Waals surface area contributed by atoms with Crippen molar-refractivity contribution < 1.29 is 8.85 Å². The average Bonchev–Trinajstić information content (AvgIpc) is 2.16. The first kappa shape index (κ1) is 13.7. The van der Waals surface area contributed by atoms with Gasteiger partial charge in [-0.05, 0) is 18.9 Å². The number of halogens is 2. The van der Waals surface area contributed by atoms with E-state index in [-0.39, 0.29) is 11.1 Å². The molecule has 0 amide bonds. The molecule has 80 valence electrons. The van der Waals surface area contributed by atoms with Gasteiger partial charge in [-0.2, -0.15) is 0 Å². The monoisotopic (exact) mass is 244 g/mol. The molecule has 0 heterocycles. The van der Waals surface area contributed by atoms with E-state index in [1.807, 2.05) is 20.8 Å². The second kappa shape index (κ2) is 8.06. The Morgan fingerprint density at radius 1 is 1.00 bits per heavy atom. The molecule has 0 fully saturated rings. The molecule has 0 radical (unpaired) electrons. The molecule has 0 aromatic heterocycles. The molecule has 0 bridgehead atoms. The zero-order valence-electron chi connectivity index (χ0n) is 8.43. The van der Waals surface area contributed by atoms with Crippen LogP contribution in [0.15, 0.2) is 0 Å². The van der Waals surface area contributed by atoms with Crippen LogP contribution in [-0.2, 0) is 8.85 Å². The quantitative estimate of drug-likeness (QED) is 0.506. The van der Waals surface area contributed by atoms with Gasteiger partial charge in [-0.25, -0.2) is 0 Å². The molecule has 2 nitrogen and oxygen atoms in total. The van der Waals surface area contributed by atoms with Gasteiger partial charge in [-0.3, -0.25) is 0 Å². The molecule has 0 aliphatic heterocycles. The Kier molecular flexibility index (Phi) is 8.51. The molecule has 0 saturated heterocycles. The van der Waals surface area contributed by atoms with Crippen LogP contribution in [0.5, 0.6) is 0 Å². The van der Waals surface area contributed by atoms with Crippen LogP contribution in [-0.4, -0.2) is 20.4 Å². The Bertz CT molecular complexity index is 115. The van der Waals surface area contributed by atoms with E-state index in [1.165, 1.54) is 0 Å². The van der Waals surface area contributed by atoms with Gasteiger partial charge in [0, 0.05) is 0 Å². The summed E-state index contributed by atoms with van der Waals surface area (Å²) in [5.41, 5.74) is -0.449. The van der Waals surface area contributed by atoms with Crippen LogP contribution >= 0.6 is 23.2 Å². The van der Waals surface area contributed by atoms with E-state index >= 15 is 0 Å². The van der Waals surface area contributed by atoms with E-state index in [0.717, 1.165) is 18.9 Å². The van der Waals surface area contributed by atoms with Gasteiger partial charge in [-0.15, -0.1) is 0 Å². The number of alkyl halides is 2. The van der Waals surface area contributed by atoms with Gasteiger partial charge in [0.25, 0.3) is 0 Å². The van der Waals surface area contributed by atoms with Gasteiger partial charge in [0.05, 0.1) is 0 Å². The molecule has 0 saturated carbocycles. The fraction of sp³-hybridized carbons (Fsp3) is 1.00. The molecule has 2 unspecified atom stereocenters. The van der Waals surface area contributed by atoms with Crippen LogP contribution in [0.4, 0.5) is 0 Å². The van der Waals surface area contributed by atoms with Gasteiger partial charge < -0.3 is 8.85 Å². The summed E-state index contributed by atoms with van der Waals surface area (Å²) in [5, 5.41) is 0. The van der Waals surface area contributed by atoms with Crippen LogP contribution in [0.1, 0.15) is 33.6 Å². The van der Waals surface area contributed by atoms with Crippen molar-refractivity contribution in [1.82, 2.24) is 0 Å². The number of hydrogen-bond donors (Lipinski definition) is 0. The third-order valence-corrected chi connectivity index (χ3v) is 4.67. The first-order chi connectivity index (χ1) is 6.13. The lowest BCUT2D eigenvalue weighted by atomic mass is 10.5. The second-order valence-corrected chi connectivity index (χ2v) is 5.94. The average molecular weight is 245 g/mol. The van der Waals surface area contributed by atoms with E-state index in [9.17, 15) is 0 Å². The highest BCUT2D eigenvalue weighted by atomic mass is 35.5. The molecule has 5 heteroatoms. The summed E-state index contributed by atoms with van der Waals surface area (Å²) in [4.78, 5) is 0. The van der Waals surface area contributed by atoms with E-state index in [0.29, 0.717) is 0 Å². The van der Waals surface area contributed by atoms with Crippen molar-refractivity contribution in [2.24, 2.45) is 0 Å². The summed E-state index contributed by atoms with van der Waals surface area (Å²) >= 11 is 11.7. The Morgan fingerprint density at radius 3 is 1.62 bits per heavy atom. The molecular weight excluding hydrogens is 227 g/mol. The molecule has 0 aromatic rings. The van der Waals surface area contributed by atoms with Gasteiger partial charge in [-0.1, -0.05) is 44.0 Å². The summed E-state index contributed by atoms with van der Waals surface area (Å²) < 4.78 is 11.0. The Labute approximate surface area is 92.4 Å². The highest BCUT2D eigenvalue weighted by Crippen LogP contribution is 2.13. The molecule has 0 rings (SSSR count). The smallest absolute Gasteiger partial charge is 0.323 e. The van der Waals surface area contributed by atoms with Gasteiger partial charge in [0.1, 0.15) is 11.1 Å².